The maximum absolute atomic E-state index is 11.0. The maximum Gasteiger partial charge on any atom is 0.305 e. The van der Waals surface area contributed by atoms with Crippen molar-refractivity contribution in [1.82, 2.24) is 0 Å². The zero-order chi connectivity index (χ0) is 10.1. The van der Waals surface area contributed by atoms with E-state index in [1.165, 1.54) is 0 Å². The van der Waals surface area contributed by atoms with Crippen LogP contribution in [0.4, 0.5) is 0 Å². The van der Waals surface area contributed by atoms with E-state index in [-0.39, 0.29) is 0 Å². The van der Waals surface area contributed by atoms with Gasteiger partial charge in [0.15, 0.2) is 0 Å². The van der Waals surface area contributed by atoms with Gasteiger partial charge in [-0.25, -0.2) is 0 Å². The summed E-state index contributed by atoms with van der Waals surface area (Å²) in [6.45, 7) is 0. The van der Waals surface area contributed by atoms with Gasteiger partial charge < -0.3 is 0 Å². The van der Waals surface area contributed by atoms with Crippen LogP contribution in [0.15, 0.2) is 35.2 Å². The van der Waals surface area contributed by atoms with Crippen molar-refractivity contribution in [2.75, 3.05) is 12.5 Å². The van der Waals surface area contributed by atoms with E-state index in [0.29, 0.717) is 4.90 Å². The lowest BCUT2D eigenvalue weighted by molar-refractivity contribution is 0.502. The summed E-state index contributed by atoms with van der Waals surface area (Å²) in [4.78, 5) is 0.664. The number of hydrogen-bond donors (Lipinski definition) is 1. The Bertz CT molecular complexity index is 381. The third kappa shape index (κ3) is 2.04. The lowest BCUT2D eigenvalue weighted by Gasteiger charge is -2.26. The summed E-state index contributed by atoms with van der Waals surface area (Å²) in [6, 6.07) is 8.75. The second-order valence-electron chi connectivity index (χ2n) is 2.97. The first-order valence-corrected chi connectivity index (χ1v) is 8.02. The largest absolute Gasteiger partial charge is 0.305 e. The number of hydrogen-bond acceptors (Lipinski definition) is 2. The molecule has 0 radical (unpaired) electrons. The Kier molecular flexibility index (Phi) is 2.70. The summed E-state index contributed by atoms with van der Waals surface area (Å²) in [5, 5.41) is 0. The fourth-order valence-electron chi connectivity index (χ4n) is 0.870. The van der Waals surface area contributed by atoms with Gasteiger partial charge in [0, 0.05) is 4.90 Å². The Morgan fingerprint density at radius 3 is 1.92 bits per heavy atom. The molecule has 0 saturated heterocycles. The van der Waals surface area contributed by atoms with E-state index >= 15 is 0 Å². The van der Waals surface area contributed by atoms with E-state index in [4.69, 9.17) is 4.55 Å². The Morgan fingerprint density at radius 2 is 1.54 bits per heavy atom. The van der Waals surface area contributed by atoms with Gasteiger partial charge in [-0.1, -0.05) is 27.3 Å². The molecule has 0 amide bonds. The Balaban J connectivity index is 3.24. The van der Waals surface area contributed by atoms with Gasteiger partial charge in [-0.3, -0.25) is 4.55 Å². The van der Waals surface area contributed by atoms with Crippen LogP contribution in [0.3, 0.4) is 0 Å². The summed E-state index contributed by atoms with van der Waals surface area (Å²) in [5.41, 5.74) is 0. The second-order valence-corrected chi connectivity index (χ2v) is 10.5. The van der Waals surface area contributed by atoms with Crippen LogP contribution in [0.5, 0.6) is 0 Å². The van der Waals surface area contributed by atoms with E-state index in [0.717, 1.165) is 0 Å². The van der Waals surface area contributed by atoms with Gasteiger partial charge in [-0.15, -0.1) is 0 Å². The predicted molar refractivity (Wildman–Crippen MR) is 55.7 cm³/mol. The average molecular weight is 220 g/mol. The molecule has 0 aliphatic rings. The Hall–Kier alpha value is -0.520. The van der Waals surface area contributed by atoms with E-state index in [9.17, 15) is 8.42 Å². The highest BCUT2D eigenvalue weighted by molar-refractivity contribution is 8.88. The second kappa shape index (κ2) is 3.32. The molecule has 3 nitrogen and oxygen atoms in total. The first-order chi connectivity index (χ1) is 5.86. The highest BCUT2D eigenvalue weighted by Crippen LogP contribution is 2.53. The van der Waals surface area contributed by atoms with Gasteiger partial charge in [0.05, 0.1) is 0 Å². The summed E-state index contributed by atoms with van der Waals surface area (Å²) in [5.74, 6) is 0. The van der Waals surface area contributed by atoms with Crippen LogP contribution in [-0.2, 0) is 9.15 Å². The van der Waals surface area contributed by atoms with Crippen LogP contribution in [0, 0.1) is 0 Å². The summed E-state index contributed by atoms with van der Waals surface area (Å²) < 4.78 is 31.1. The molecule has 0 atom stereocenters. The van der Waals surface area contributed by atoms with E-state index in [1.807, 2.05) is 6.07 Å². The van der Waals surface area contributed by atoms with Crippen LogP contribution < -0.4 is 0 Å². The summed E-state index contributed by atoms with van der Waals surface area (Å²) in [7, 11) is -6.12. The monoisotopic (exact) mass is 220 g/mol. The topological polar surface area (TPSA) is 54.4 Å². The Morgan fingerprint density at radius 1 is 1.08 bits per heavy atom. The predicted octanol–water partition coefficient (Wildman–Crippen LogP) is 1.91. The molecular formula is C8H12O3S2. The maximum atomic E-state index is 11.0. The molecule has 0 fully saturated rings. The van der Waals surface area contributed by atoms with Crippen molar-refractivity contribution in [1.29, 1.82) is 0 Å². The van der Waals surface area contributed by atoms with Crippen molar-refractivity contribution in [2.24, 2.45) is 0 Å². The van der Waals surface area contributed by atoms with Gasteiger partial charge in [-0.05, 0) is 24.6 Å². The normalized spacial score (nSPS) is 14.1. The zero-order valence-electron chi connectivity index (χ0n) is 7.47. The molecule has 1 aromatic rings. The standard InChI is InChI=1S/C8H12O3S2/c1-12(2,13(9,10)11)8-6-4-3-5-7-8/h3-7H,1-2H3,(H,9,10,11). The van der Waals surface area contributed by atoms with E-state index < -0.39 is 18.2 Å². The van der Waals surface area contributed by atoms with Crippen LogP contribution in [0.2, 0.25) is 0 Å². The van der Waals surface area contributed by atoms with Crippen LogP contribution in [0.1, 0.15) is 0 Å². The molecule has 0 bridgehead atoms. The molecule has 1 N–H and O–H groups in total. The van der Waals surface area contributed by atoms with Crippen LogP contribution in [0.25, 0.3) is 0 Å². The van der Waals surface area contributed by atoms with Crippen molar-refractivity contribution in [3.8, 4) is 0 Å². The minimum Gasteiger partial charge on any atom is -0.278 e. The molecule has 74 valence electrons. The van der Waals surface area contributed by atoms with Crippen molar-refractivity contribution >= 4 is 18.2 Å². The third-order valence-electron chi connectivity index (χ3n) is 1.84. The first kappa shape index (κ1) is 10.6. The molecule has 0 unspecified atom stereocenters. The van der Waals surface area contributed by atoms with Gasteiger partial charge >= 0.3 is 9.15 Å². The minimum atomic E-state index is -3.97. The number of benzene rings is 1. The van der Waals surface area contributed by atoms with Crippen LogP contribution in [-0.4, -0.2) is 25.5 Å². The molecule has 0 saturated carbocycles. The number of rotatable bonds is 2. The van der Waals surface area contributed by atoms with Gasteiger partial charge in [0.25, 0.3) is 0 Å². The fourth-order valence-corrected chi connectivity index (χ4v) is 2.99. The lowest BCUT2D eigenvalue weighted by Crippen LogP contribution is -2.09. The molecule has 0 spiro atoms. The Labute approximate surface area is 79.2 Å². The van der Waals surface area contributed by atoms with Gasteiger partial charge in [-0.2, -0.15) is 8.42 Å². The molecule has 0 aliphatic heterocycles. The summed E-state index contributed by atoms with van der Waals surface area (Å²) >= 11 is 0. The van der Waals surface area contributed by atoms with Crippen molar-refractivity contribution in [3.63, 3.8) is 0 Å². The van der Waals surface area contributed by atoms with E-state index in [2.05, 4.69) is 0 Å². The highest BCUT2D eigenvalue weighted by Gasteiger charge is 2.28. The van der Waals surface area contributed by atoms with Crippen molar-refractivity contribution in [2.45, 2.75) is 4.90 Å². The molecule has 0 heterocycles. The molecule has 13 heavy (non-hydrogen) atoms. The van der Waals surface area contributed by atoms with Crippen molar-refractivity contribution < 1.29 is 13.0 Å². The molecule has 1 aromatic carbocycles. The zero-order valence-corrected chi connectivity index (χ0v) is 9.10. The first-order valence-electron chi connectivity index (χ1n) is 3.61. The molecule has 0 aromatic heterocycles. The highest BCUT2D eigenvalue weighted by atomic mass is 33.2. The third-order valence-corrected chi connectivity index (χ3v) is 8.03. The minimum absolute atomic E-state index is 0.664. The fraction of sp³-hybridized carbons (Fsp3) is 0.250. The average Bonchev–Trinajstić information content (AvgIpc) is 2.04. The van der Waals surface area contributed by atoms with Gasteiger partial charge in [0.2, 0.25) is 0 Å². The molecule has 5 heteroatoms. The molecule has 0 aliphatic carbocycles. The van der Waals surface area contributed by atoms with Crippen LogP contribution >= 0.6 is 9.06 Å². The smallest absolute Gasteiger partial charge is 0.278 e. The molecule has 1 rings (SSSR count). The molecular weight excluding hydrogens is 208 g/mol. The van der Waals surface area contributed by atoms with Gasteiger partial charge in [0.1, 0.15) is 0 Å². The summed E-state index contributed by atoms with van der Waals surface area (Å²) in [6.07, 6.45) is 3.11. The van der Waals surface area contributed by atoms with Crippen molar-refractivity contribution in [3.05, 3.63) is 30.3 Å². The SMILES string of the molecule is CS(C)(c1ccccc1)S(=O)(=O)O. The quantitative estimate of drug-likeness (QED) is 0.612. The lowest BCUT2D eigenvalue weighted by atomic mass is 10.4. The van der Waals surface area contributed by atoms with E-state index in [1.54, 1.807) is 36.8 Å².